The number of carbonyl (C=O) groups is 1. The molecule has 1 aliphatic carbocycles. The third-order valence-corrected chi connectivity index (χ3v) is 3.82. The molecule has 16 heavy (non-hydrogen) atoms. The molecule has 2 amide bonds. The molecule has 88 valence electrons. The van der Waals surface area contributed by atoms with Crippen molar-refractivity contribution in [1.29, 1.82) is 0 Å². The third-order valence-electron chi connectivity index (χ3n) is 2.89. The topological polar surface area (TPSA) is 54.0 Å². The van der Waals surface area contributed by atoms with Gasteiger partial charge in [-0.3, -0.25) is 5.32 Å². The molecule has 5 heteroatoms. The number of anilines is 1. The van der Waals surface area contributed by atoms with Gasteiger partial charge in [-0.05, 0) is 32.6 Å². The molecule has 2 N–H and O–H groups in total. The van der Waals surface area contributed by atoms with Crippen molar-refractivity contribution in [3.05, 3.63) is 10.6 Å². The number of nitrogens with one attached hydrogen (secondary N) is 2. The van der Waals surface area contributed by atoms with Gasteiger partial charge in [-0.25, -0.2) is 9.78 Å². The monoisotopic (exact) mass is 239 g/mol. The first-order valence-electron chi connectivity index (χ1n) is 5.73. The zero-order chi connectivity index (χ0) is 11.5. The number of aryl methyl sites for hydroxylation is 2. The minimum absolute atomic E-state index is 0.124. The van der Waals surface area contributed by atoms with Crippen LogP contribution in [-0.2, 0) is 6.42 Å². The number of aromatic nitrogens is 1. The van der Waals surface area contributed by atoms with E-state index in [2.05, 4.69) is 22.5 Å². The number of hydrogen-bond acceptors (Lipinski definition) is 3. The van der Waals surface area contributed by atoms with Crippen molar-refractivity contribution in [3.63, 3.8) is 0 Å². The summed E-state index contributed by atoms with van der Waals surface area (Å²) < 4.78 is 0. The number of carbonyl (C=O) groups excluding carboxylic acids is 1. The average molecular weight is 239 g/mol. The Balaban J connectivity index is 1.89. The third kappa shape index (κ3) is 2.52. The van der Waals surface area contributed by atoms with Crippen LogP contribution in [0.5, 0.6) is 0 Å². The molecule has 0 saturated heterocycles. The predicted molar refractivity (Wildman–Crippen MR) is 66.0 cm³/mol. The number of rotatable bonds is 3. The fourth-order valence-corrected chi connectivity index (χ4v) is 2.58. The molecular weight excluding hydrogens is 222 g/mol. The summed E-state index contributed by atoms with van der Waals surface area (Å²) >= 11 is 1.54. The number of hydrogen-bond donors (Lipinski definition) is 2. The summed E-state index contributed by atoms with van der Waals surface area (Å²) in [4.78, 5) is 17.1. The van der Waals surface area contributed by atoms with Gasteiger partial charge in [-0.2, -0.15) is 0 Å². The fraction of sp³-hybridized carbons (Fsp3) is 0.636. The highest BCUT2D eigenvalue weighted by Crippen LogP contribution is 2.23. The fourth-order valence-electron chi connectivity index (χ4n) is 1.68. The molecule has 1 saturated carbocycles. The van der Waals surface area contributed by atoms with Crippen LogP contribution in [0.3, 0.4) is 0 Å². The minimum atomic E-state index is -0.124. The van der Waals surface area contributed by atoms with Crippen molar-refractivity contribution < 1.29 is 4.79 Å². The lowest BCUT2D eigenvalue weighted by Crippen LogP contribution is -2.41. The van der Waals surface area contributed by atoms with Crippen LogP contribution in [0.2, 0.25) is 0 Å². The van der Waals surface area contributed by atoms with Crippen LogP contribution in [0, 0.1) is 6.92 Å². The lowest BCUT2D eigenvalue weighted by atomic mass is 9.93. The van der Waals surface area contributed by atoms with Crippen LogP contribution in [-0.4, -0.2) is 17.1 Å². The average Bonchev–Trinajstić information content (AvgIpc) is 2.52. The van der Waals surface area contributed by atoms with E-state index in [0.717, 1.165) is 25.0 Å². The van der Waals surface area contributed by atoms with Crippen molar-refractivity contribution >= 4 is 22.5 Å². The quantitative estimate of drug-likeness (QED) is 0.852. The molecule has 0 atom stereocenters. The normalized spacial score (nSPS) is 15.6. The maximum atomic E-state index is 11.6. The molecule has 1 aliphatic rings. The Labute approximate surface area is 99.5 Å². The Morgan fingerprint density at radius 2 is 2.31 bits per heavy atom. The molecule has 0 bridgehead atoms. The molecule has 1 aromatic rings. The van der Waals surface area contributed by atoms with Gasteiger partial charge in [0.25, 0.3) is 0 Å². The van der Waals surface area contributed by atoms with Crippen LogP contribution in [0.4, 0.5) is 9.93 Å². The van der Waals surface area contributed by atoms with Crippen LogP contribution < -0.4 is 10.6 Å². The van der Waals surface area contributed by atoms with Crippen molar-refractivity contribution in [1.82, 2.24) is 10.3 Å². The van der Waals surface area contributed by atoms with E-state index in [1.807, 2.05) is 6.92 Å². The van der Waals surface area contributed by atoms with Gasteiger partial charge in [-0.1, -0.05) is 6.92 Å². The number of amides is 2. The Morgan fingerprint density at radius 1 is 1.56 bits per heavy atom. The molecule has 1 heterocycles. The second-order valence-corrected chi connectivity index (χ2v) is 5.30. The molecule has 4 nitrogen and oxygen atoms in total. The Bertz CT molecular complexity index is 385. The van der Waals surface area contributed by atoms with Crippen molar-refractivity contribution in [3.8, 4) is 0 Å². The van der Waals surface area contributed by atoms with Gasteiger partial charge >= 0.3 is 6.03 Å². The zero-order valence-electron chi connectivity index (χ0n) is 9.67. The summed E-state index contributed by atoms with van der Waals surface area (Å²) in [7, 11) is 0. The molecule has 0 unspecified atom stereocenters. The van der Waals surface area contributed by atoms with E-state index >= 15 is 0 Å². The van der Waals surface area contributed by atoms with Gasteiger partial charge in [-0.15, -0.1) is 11.3 Å². The van der Waals surface area contributed by atoms with E-state index in [1.165, 1.54) is 22.6 Å². The highest BCUT2D eigenvalue weighted by atomic mass is 32.1. The Morgan fingerprint density at radius 3 is 2.81 bits per heavy atom. The van der Waals surface area contributed by atoms with E-state index in [4.69, 9.17) is 0 Å². The van der Waals surface area contributed by atoms with E-state index in [1.54, 1.807) is 0 Å². The first-order valence-corrected chi connectivity index (χ1v) is 6.54. The summed E-state index contributed by atoms with van der Waals surface area (Å²) in [6.07, 6.45) is 4.34. The summed E-state index contributed by atoms with van der Waals surface area (Å²) in [5, 5.41) is 6.42. The highest BCUT2D eigenvalue weighted by molar-refractivity contribution is 7.15. The molecule has 0 aliphatic heterocycles. The van der Waals surface area contributed by atoms with Gasteiger partial charge in [0.05, 0.1) is 5.69 Å². The summed E-state index contributed by atoms with van der Waals surface area (Å²) in [5.41, 5.74) is 1.07. The Kier molecular flexibility index (Phi) is 3.43. The molecule has 0 spiro atoms. The highest BCUT2D eigenvalue weighted by Gasteiger charge is 2.19. The first kappa shape index (κ1) is 11.4. The minimum Gasteiger partial charge on any atom is -0.335 e. The first-order chi connectivity index (χ1) is 7.69. The molecule has 0 radical (unpaired) electrons. The molecular formula is C11H17N3OS. The van der Waals surface area contributed by atoms with Crippen LogP contribution in [0.25, 0.3) is 0 Å². The molecule has 0 aromatic carbocycles. The smallest absolute Gasteiger partial charge is 0.321 e. The van der Waals surface area contributed by atoms with Crippen LogP contribution in [0.15, 0.2) is 0 Å². The summed E-state index contributed by atoms with van der Waals surface area (Å²) in [5.74, 6) is 0. The number of urea groups is 1. The SMILES string of the molecule is CCc1nc(NC(=O)NC2CCC2)sc1C. The molecule has 1 aromatic heterocycles. The van der Waals surface area contributed by atoms with E-state index < -0.39 is 0 Å². The lowest BCUT2D eigenvalue weighted by Gasteiger charge is -2.26. The van der Waals surface area contributed by atoms with E-state index in [9.17, 15) is 4.79 Å². The predicted octanol–water partition coefficient (Wildman–Crippen LogP) is 2.69. The molecule has 2 rings (SSSR count). The Hall–Kier alpha value is -1.10. The number of nitrogens with zero attached hydrogens (tertiary/aromatic N) is 1. The van der Waals surface area contributed by atoms with Crippen LogP contribution >= 0.6 is 11.3 Å². The second-order valence-electron chi connectivity index (χ2n) is 4.10. The maximum Gasteiger partial charge on any atom is 0.321 e. The maximum absolute atomic E-state index is 11.6. The second kappa shape index (κ2) is 4.82. The largest absolute Gasteiger partial charge is 0.335 e. The van der Waals surface area contributed by atoms with Gasteiger partial charge in [0.1, 0.15) is 0 Å². The summed E-state index contributed by atoms with van der Waals surface area (Å²) in [6.45, 7) is 4.10. The zero-order valence-corrected chi connectivity index (χ0v) is 10.5. The van der Waals surface area contributed by atoms with Gasteiger partial charge < -0.3 is 5.32 Å². The van der Waals surface area contributed by atoms with Crippen molar-refractivity contribution in [2.75, 3.05) is 5.32 Å². The number of thiazole rings is 1. The van der Waals surface area contributed by atoms with E-state index in [0.29, 0.717) is 11.2 Å². The van der Waals surface area contributed by atoms with Crippen molar-refractivity contribution in [2.45, 2.75) is 45.6 Å². The van der Waals surface area contributed by atoms with Gasteiger partial charge in [0, 0.05) is 10.9 Å². The summed E-state index contributed by atoms with van der Waals surface area (Å²) in [6, 6.07) is 0.243. The van der Waals surface area contributed by atoms with Gasteiger partial charge in [0.2, 0.25) is 0 Å². The van der Waals surface area contributed by atoms with Crippen molar-refractivity contribution in [2.24, 2.45) is 0 Å². The standard InChI is InChI=1S/C11H17N3OS/c1-3-9-7(2)16-11(13-9)14-10(15)12-8-5-4-6-8/h8H,3-6H2,1-2H3,(H2,12,13,14,15). The lowest BCUT2D eigenvalue weighted by molar-refractivity contribution is 0.240. The molecule has 1 fully saturated rings. The van der Waals surface area contributed by atoms with Crippen LogP contribution in [0.1, 0.15) is 36.8 Å². The van der Waals surface area contributed by atoms with E-state index in [-0.39, 0.29) is 6.03 Å². The van der Waals surface area contributed by atoms with Gasteiger partial charge in [0.15, 0.2) is 5.13 Å².